The van der Waals surface area contributed by atoms with Crippen LogP contribution in [0.4, 0.5) is 0 Å². The van der Waals surface area contributed by atoms with Gasteiger partial charge in [0.1, 0.15) is 5.75 Å². The fourth-order valence-corrected chi connectivity index (χ4v) is 4.83. The zero-order valence-electron chi connectivity index (χ0n) is 11.9. The molecule has 1 aliphatic rings. The summed E-state index contributed by atoms with van der Waals surface area (Å²) in [6, 6.07) is 0. The molecule has 0 fully saturated rings. The summed E-state index contributed by atoms with van der Waals surface area (Å²) in [4.78, 5) is 0. The zero-order valence-corrected chi connectivity index (χ0v) is 12.9. The van der Waals surface area contributed by atoms with E-state index in [4.69, 9.17) is 4.74 Å². The Morgan fingerprint density at radius 3 is 2.00 bits per heavy atom. The van der Waals surface area contributed by atoms with E-state index in [2.05, 4.69) is 33.9 Å². The summed E-state index contributed by atoms with van der Waals surface area (Å²) in [7, 11) is -1.66. The van der Waals surface area contributed by atoms with Gasteiger partial charge in [0.2, 0.25) is 0 Å². The summed E-state index contributed by atoms with van der Waals surface area (Å²) >= 11 is 0. The van der Waals surface area contributed by atoms with Crippen LogP contribution < -0.4 is 9.92 Å². The van der Waals surface area contributed by atoms with Gasteiger partial charge in [0, 0.05) is 5.56 Å². The van der Waals surface area contributed by atoms with Gasteiger partial charge < -0.3 is 9.84 Å². The van der Waals surface area contributed by atoms with E-state index in [0.717, 1.165) is 22.6 Å². The third kappa shape index (κ3) is 1.59. The van der Waals surface area contributed by atoms with Crippen molar-refractivity contribution in [2.24, 2.45) is 0 Å². The van der Waals surface area contributed by atoms with E-state index in [9.17, 15) is 5.11 Å². The van der Waals surface area contributed by atoms with Gasteiger partial charge in [-0.2, -0.15) is 0 Å². The summed E-state index contributed by atoms with van der Waals surface area (Å²) < 4.78 is 5.62. The smallest absolute Gasteiger partial charge is 0.176 e. The second kappa shape index (κ2) is 3.28. The highest BCUT2D eigenvalue weighted by molar-refractivity contribution is 6.93. The fourth-order valence-electron chi connectivity index (χ4n) is 2.29. The van der Waals surface area contributed by atoms with E-state index in [1.807, 2.05) is 13.8 Å². The number of hydrogen-bond donors (Lipinski definition) is 1. The molecule has 0 atom stereocenters. The predicted octanol–water partition coefficient (Wildman–Crippen LogP) is 3.83. The monoisotopic (exact) mass is 250 g/mol. The Hall–Kier alpha value is -0.963. The molecule has 0 spiro atoms. The van der Waals surface area contributed by atoms with Crippen LogP contribution in [0.3, 0.4) is 0 Å². The summed E-state index contributed by atoms with van der Waals surface area (Å²) in [5, 5.41) is 11.7. The number of rotatable bonds is 1. The Morgan fingerprint density at radius 2 is 1.53 bits per heavy atom. The van der Waals surface area contributed by atoms with Gasteiger partial charge in [0.15, 0.2) is 11.5 Å². The molecule has 0 radical (unpaired) electrons. The van der Waals surface area contributed by atoms with Crippen molar-refractivity contribution >= 4 is 13.3 Å². The lowest BCUT2D eigenvalue weighted by atomic mass is 10.1. The molecule has 0 aliphatic carbocycles. The van der Waals surface area contributed by atoms with Crippen LogP contribution in [0.2, 0.25) is 18.1 Å². The van der Waals surface area contributed by atoms with Gasteiger partial charge in [-0.1, -0.05) is 33.9 Å². The molecule has 1 N–H and O–H groups in total. The van der Waals surface area contributed by atoms with E-state index in [1.165, 1.54) is 5.19 Å². The maximum Gasteiger partial charge on any atom is 0.176 e. The molecule has 1 heterocycles. The molecular formula is C14H22O2Si. The molecule has 1 aromatic rings. The molecular weight excluding hydrogens is 228 g/mol. The van der Waals surface area contributed by atoms with Gasteiger partial charge >= 0.3 is 0 Å². The molecule has 1 aliphatic heterocycles. The first-order valence-corrected chi connectivity index (χ1v) is 9.13. The van der Waals surface area contributed by atoms with Crippen LogP contribution >= 0.6 is 0 Å². The lowest BCUT2D eigenvalue weighted by molar-refractivity contribution is 0.467. The quantitative estimate of drug-likeness (QED) is 0.616. The molecule has 0 unspecified atom stereocenters. The highest BCUT2D eigenvalue weighted by atomic mass is 28.3. The van der Waals surface area contributed by atoms with Crippen LogP contribution in [0.1, 0.15) is 31.9 Å². The molecule has 17 heavy (non-hydrogen) atoms. The average Bonchev–Trinajstić information content (AvgIpc) is 2.92. The highest BCUT2D eigenvalue weighted by Gasteiger charge is 2.45. The minimum absolute atomic E-state index is 0.249. The van der Waals surface area contributed by atoms with Crippen molar-refractivity contribution in [2.75, 3.05) is 0 Å². The Kier molecular flexibility index (Phi) is 2.41. The number of aromatic hydroxyl groups is 1. The Morgan fingerprint density at radius 1 is 1.00 bits per heavy atom. The number of benzene rings is 1. The van der Waals surface area contributed by atoms with Crippen molar-refractivity contribution in [3.05, 3.63) is 11.1 Å². The van der Waals surface area contributed by atoms with Gasteiger partial charge in [-0.15, -0.1) is 0 Å². The molecule has 0 bridgehead atoms. The van der Waals surface area contributed by atoms with Crippen LogP contribution in [0.5, 0.6) is 17.2 Å². The second-order valence-corrected chi connectivity index (χ2v) is 11.9. The molecule has 0 amide bonds. The van der Waals surface area contributed by atoms with Crippen LogP contribution in [0.15, 0.2) is 0 Å². The zero-order chi connectivity index (χ0) is 13.2. The van der Waals surface area contributed by atoms with Crippen molar-refractivity contribution in [3.8, 4) is 17.2 Å². The molecule has 0 saturated heterocycles. The normalized spacial score (nSPS) is 14.3. The predicted molar refractivity (Wildman–Crippen MR) is 74.5 cm³/mol. The molecule has 2 rings (SSSR count). The average molecular weight is 250 g/mol. The second-order valence-electron chi connectivity index (χ2n) is 6.61. The molecule has 2 nitrogen and oxygen atoms in total. The highest BCUT2D eigenvalue weighted by Crippen LogP contribution is 2.53. The van der Waals surface area contributed by atoms with E-state index in [-0.39, 0.29) is 5.04 Å². The van der Waals surface area contributed by atoms with Gasteiger partial charge in [-0.25, -0.2) is 0 Å². The Balaban J connectivity index is 2.68. The van der Waals surface area contributed by atoms with E-state index in [0.29, 0.717) is 5.75 Å². The minimum Gasteiger partial charge on any atom is -0.507 e. The summed E-state index contributed by atoms with van der Waals surface area (Å²) in [5.74, 6) is 2.37. The number of phenolic OH excluding ortho intramolecular Hbond substituents is 1. The first-order chi connectivity index (χ1) is 7.59. The van der Waals surface area contributed by atoms with Crippen molar-refractivity contribution in [1.29, 1.82) is 0 Å². The van der Waals surface area contributed by atoms with Crippen LogP contribution in [0, 0.1) is 13.8 Å². The Bertz CT molecular complexity index is 496. The molecule has 0 aromatic heterocycles. The van der Waals surface area contributed by atoms with E-state index in [1.54, 1.807) is 0 Å². The lowest BCUT2D eigenvalue weighted by Crippen LogP contribution is -2.50. The van der Waals surface area contributed by atoms with E-state index < -0.39 is 8.07 Å². The SMILES string of the molecule is Cc1c(O)c(C)c([Si](C)(C)C(C)(C)C)c2c1O2. The summed E-state index contributed by atoms with van der Waals surface area (Å²) in [6.07, 6.45) is 0. The fraction of sp³-hybridized carbons (Fsp3) is 0.571. The molecule has 0 saturated carbocycles. The number of phenols is 1. The van der Waals surface area contributed by atoms with Crippen molar-refractivity contribution in [3.63, 3.8) is 0 Å². The summed E-state index contributed by atoms with van der Waals surface area (Å²) in [5.41, 5.74) is 1.91. The van der Waals surface area contributed by atoms with Gasteiger partial charge in [0.05, 0.1) is 8.07 Å². The van der Waals surface area contributed by atoms with Crippen LogP contribution in [-0.4, -0.2) is 13.2 Å². The number of hydrogen-bond acceptors (Lipinski definition) is 2. The molecule has 94 valence electrons. The van der Waals surface area contributed by atoms with Crippen LogP contribution in [-0.2, 0) is 0 Å². The third-order valence-corrected chi connectivity index (χ3v) is 10.1. The van der Waals surface area contributed by atoms with Crippen molar-refractivity contribution < 1.29 is 9.84 Å². The molecule has 3 heteroatoms. The molecule has 1 aromatic carbocycles. The maximum absolute atomic E-state index is 10.2. The first-order valence-electron chi connectivity index (χ1n) is 6.13. The van der Waals surface area contributed by atoms with Crippen molar-refractivity contribution in [2.45, 2.75) is 52.8 Å². The lowest BCUT2D eigenvalue weighted by Gasteiger charge is -2.37. The van der Waals surface area contributed by atoms with Crippen molar-refractivity contribution in [1.82, 2.24) is 0 Å². The van der Waals surface area contributed by atoms with Gasteiger partial charge in [-0.3, -0.25) is 0 Å². The third-order valence-electron chi connectivity index (χ3n) is 4.52. The first kappa shape index (κ1) is 12.5. The Labute approximate surface area is 105 Å². The largest absolute Gasteiger partial charge is 0.507 e. The van der Waals surface area contributed by atoms with E-state index >= 15 is 0 Å². The standard InChI is InChI=1S/C14H22O2Si/c1-8-10(15)9(2)13(12-11(8)16-12)17(6,7)14(3,4)5/h15H,1-7H3. The van der Waals surface area contributed by atoms with Crippen LogP contribution in [0.25, 0.3) is 0 Å². The van der Waals surface area contributed by atoms with Gasteiger partial charge in [0.25, 0.3) is 0 Å². The minimum atomic E-state index is -1.66. The number of fused-ring (bicyclic) bond motifs is 1. The maximum atomic E-state index is 10.2. The summed E-state index contributed by atoms with van der Waals surface area (Å²) in [6.45, 7) is 15.5. The van der Waals surface area contributed by atoms with Gasteiger partial charge in [-0.05, 0) is 29.6 Å². The topological polar surface area (TPSA) is 32.8 Å². The number of ether oxygens (including phenoxy) is 1.